The van der Waals surface area contributed by atoms with Crippen LogP contribution < -0.4 is 0 Å². The van der Waals surface area contributed by atoms with Crippen LogP contribution in [0.5, 0.6) is 0 Å². The SMILES string of the molecule is CC(C)C(O)O.CCN1CC/C(=C\F)C(C)(C)C1. The first-order valence-corrected chi connectivity index (χ1v) is 6.62. The van der Waals surface area contributed by atoms with E-state index in [1.54, 1.807) is 13.8 Å². The standard InChI is InChI=1S/C10H18FN.C4H10O2/c1-4-12-6-5-9(7-11)10(2,3)8-12;1-3(2)4(5)6/h7H,4-6,8H2,1-3H3;3-6H,1-2H3/b9-7+;. The van der Waals surface area contributed by atoms with Crippen molar-refractivity contribution in [3.8, 4) is 0 Å². The highest BCUT2D eigenvalue weighted by atomic mass is 19.1. The van der Waals surface area contributed by atoms with Crippen molar-refractivity contribution < 1.29 is 14.6 Å². The lowest BCUT2D eigenvalue weighted by molar-refractivity contribution is -0.0731. The average molecular weight is 261 g/mol. The van der Waals surface area contributed by atoms with Gasteiger partial charge in [0.2, 0.25) is 0 Å². The summed E-state index contributed by atoms with van der Waals surface area (Å²) in [6.07, 6.45) is 0.537. The molecule has 0 spiro atoms. The summed E-state index contributed by atoms with van der Waals surface area (Å²) in [5.41, 5.74) is 0.996. The van der Waals surface area contributed by atoms with E-state index in [1.807, 2.05) is 0 Å². The second kappa shape index (κ2) is 7.87. The van der Waals surface area contributed by atoms with Crippen LogP contribution in [0.25, 0.3) is 0 Å². The Bertz CT molecular complexity index is 257. The lowest BCUT2D eigenvalue weighted by atomic mass is 9.80. The van der Waals surface area contributed by atoms with Crippen LogP contribution in [0.4, 0.5) is 4.39 Å². The van der Waals surface area contributed by atoms with E-state index in [0.717, 1.165) is 38.0 Å². The van der Waals surface area contributed by atoms with Crippen molar-refractivity contribution in [2.45, 2.75) is 47.3 Å². The number of aliphatic hydroxyl groups is 2. The van der Waals surface area contributed by atoms with Gasteiger partial charge in [0, 0.05) is 24.4 Å². The Balaban J connectivity index is 0.000000411. The van der Waals surface area contributed by atoms with Gasteiger partial charge in [0.1, 0.15) is 0 Å². The Morgan fingerprint density at radius 2 is 1.89 bits per heavy atom. The first-order valence-electron chi connectivity index (χ1n) is 6.62. The number of aliphatic hydroxyl groups excluding tert-OH is 1. The number of halogens is 1. The fourth-order valence-corrected chi connectivity index (χ4v) is 1.83. The maximum Gasteiger partial charge on any atom is 0.153 e. The molecular weight excluding hydrogens is 233 g/mol. The van der Waals surface area contributed by atoms with Gasteiger partial charge in [-0.1, -0.05) is 34.6 Å². The van der Waals surface area contributed by atoms with Crippen molar-refractivity contribution in [2.75, 3.05) is 19.6 Å². The summed E-state index contributed by atoms with van der Waals surface area (Å²) < 4.78 is 12.4. The molecule has 0 saturated carbocycles. The monoisotopic (exact) mass is 261 g/mol. The predicted molar refractivity (Wildman–Crippen MR) is 72.8 cm³/mol. The van der Waals surface area contributed by atoms with Gasteiger partial charge in [-0.05, 0) is 18.5 Å². The zero-order chi connectivity index (χ0) is 14.3. The third kappa shape index (κ3) is 5.94. The van der Waals surface area contributed by atoms with Gasteiger partial charge in [-0.3, -0.25) is 0 Å². The molecule has 0 atom stereocenters. The molecule has 0 unspecified atom stereocenters. The molecule has 0 bridgehead atoms. The fraction of sp³-hybridized carbons (Fsp3) is 0.857. The van der Waals surface area contributed by atoms with Crippen LogP contribution >= 0.6 is 0 Å². The van der Waals surface area contributed by atoms with E-state index in [1.165, 1.54) is 0 Å². The van der Waals surface area contributed by atoms with Crippen LogP contribution in [0.3, 0.4) is 0 Å². The van der Waals surface area contributed by atoms with Gasteiger partial charge in [-0.2, -0.15) is 0 Å². The maximum atomic E-state index is 12.4. The van der Waals surface area contributed by atoms with Crippen molar-refractivity contribution in [2.24, 2.45) is 11.3 Å². The van der Waals surface area contributed by atoms with Gasteiger partial charge >= 0.3 is 0 Å². The van der Waals surface area contributed by atoms with Crippen molar-refractivity contribution in [3.05, 3.63) is 11.9 Å². The van der Waals surface area contributed by atoms with Crippen LogP contribution in [-0.4, -0.2) is 41.0 Å². The van der Waals surface area contributed by atoms with Crippen molar-refractivity contribution in [1.29, 1.82) is 0 Å². The number of likely N-dealkylation sites (tertiary alicyclic amines) is 1. The van der Waals surface area contributed by atoms with Crippen LogP contribution in [0, 0.1) is 11.3 Å². The number of rotatable bonds is 2. The topological polar surface area (TPSA) is 43.7 Å². The van der Waals surface area contributed by atoms with Crippen molar-refractivity contribution in [3.63, 3.8) is 0 Å². The molecule has 0 radical (unpaired) electrons. The third-order valence-corrected chi connectivity index (χ3v) is 3.36. The molecule has 4 heteroatoms. The highest BCUT2D eigenvalue weighted by Crippen LogP contribution is 2.33. The van der Waals surface area contributed by atoms with E-state index in [2.05, 4.69) is 25.7 Å². The molecule has 1 aliphatic rings. The van der Waals surface area contributed by atoms with E-state index in [-0.39, 0.29) is 11.3 Å². The summed E-state index contributed by atoms with van der Waals surface area (Å²) in [7, 11) is 0. The summed E-state index contributed by atoms with van der Waals surface area (Å²) in [4.78, 5) is 2.37. The fourth-order valence-electron chi connectivity index (χ4n) is 1.83. The summed E-state index contributed by atoms with van der Waals surface area (Å²) in [5, 5.41) is 16.4. The van der Waals surface area contributed by atoms with Crippen LogP contribution in [0.1, 0.15) is 41.0 Å². The van der Waals surface area contributed by atoms with E-state index in [0.29, 0.717) is 0 Å². The average Bonchev–Trinajstić information content (AvgIpc) is 2.28. The molecule has 2 N–H and O–H groups in total. The quantitative estimate of drug-likeness (QED) is 0.751. The first kappa shape index (κ1) is 17.6. The van der Waals surface area contributed by atoms with Crippen LogP contribution in [0.15, 0.2) is 11.9 Å². The first-order chi connectivity index (χ1) is 8.24. The Hall–Kier alpha value is -0.450. The molecule has 1 fully saturated rings. The van der Waals surface area contributed by atoms with Gasteiger partial charge < -0.3 is 15.1 Å². The zero-order valence-corrected chi connectivity index (χ0v) is 12.3. The molecule has 0 amide bonds. The molecule has 0 aromatic heterocycles. The number of hydrogen-bond acceptors (Lipinski definition) is 3. The normalized spacial score (nSPS) is 22.2. The van der Waals surface area contributed by atoms with Gasteiger partial charge in [0.15, 0.2) is 6.29 Å². The van der Waals surface area contributed by atoms with Crippen molar-refractivity contribution in [1.82, 2.24) is 4.90 Å². The molecule has 0 aromatic rings. The van der Waals surface area contributed by atoms with Gasteiger partial charge in [-0.15, -0.1) is 0 Å². The Morgan fingerprint density at radius 1 is 1.39 bits per heavy atom. The van der Waals surface area contributed by atoms with E-state index < -0.39 is 6.29 Å². The van der Waals surface area contributed by atoms with Gasteiger partial charge in [-0.25, -0.2) is 4.39 Å². The highest BCUT2D eigenvalue weighted by Gasteiger charge is 2.30. The highest BCUT2D eigenvalue weighted by molar-refractivity contribution is 5.13. The minimum absolute atomic E-state index is 0.0308. The van der Waals surface area contributed by atoms with Crippen molar-refractivity contribution >= 4 is 0 Å². The predicted octanol–water partition coefficient (Wildman–Crippen LogP) is 2.54. The summed E-state index contributed by atoms with van der Waals surface area (Å²) in [5.74, 6) is -0.0370. The largest absolute Gasteiger partial charge is 0.368 e. The van der Waals surface area contributed by atoms with E-state index in [9.17, 15) is 4.39 Å². The molecule has 0 aliphatic carbocycles. The third-order valence-electron chi connectivity index (χ3n) is 3.36. The molecule has 0 aromatic carbocycles. The van der Waals surface area contributed by atoms with E-state index >= 15 is 0 Å². The maximum absolute atomic E-state index is 12.4. The Labute approximate surface area is 110 Å². The molecular formula is C14H28FNO2. The molecule has 18 heavy (non-hydrogen) atoms. The number of nitrogens with zero attached hydrogens (tertiary/aromatic N) is 1. The smallest absolute Gasteiger partial charge is 0.153 e. The summed E-state index contributed by atoms with van der Waals surface area (Å²) in [6, 6.07) is 0. The summed E-state index contributed by atoms with van der Waals surface area (Å²) >= 11 is 0. The Morgan fingerprint density at radius 3 is 2.17 bits per heavy atom. The number of piperidine rings is 1. The van der Waals surface area contributed by atoms with E-state index in [4.69, 9.17) is 10.2 Å². The van der Waals surface area contributed by atoms with Gasteiger partial charge in [0.05, 0.1) is 6.33 Å². The lowest BCUT2D eigenvalue weighted by Gasteiger charge is -2.39. The molecule has 1 rings (SSSR count). The summed E-state index contributed by atoms with van der Waals surface area (Å²) in [6.45, 7) is 12.9. The molecule has 1 saturated heterocycles. The number of hydrogen-bond donors (Lipinski definition) is 2. The van der Waals surface area contributed by atoms with Gasteiger partial charge in [0.25, 0.3) is 0 Å². The van der Waals surface area contributed by atoms with Crippen LogP contribution in [0.2, 0.25) is 0 Å². The molecule has 108 valence electrons. The zero-order valence-electron chi connectivity index (χ0n) is 12.3. The molecule has 3 nitrogen and oxygen atoms in total. The minimum atomic E-state index is -1.15. The molecule has 1 aliphatic heterocycles. The second-order valence-corrected chi connectivity index (χ2v) is 5.79. The lowest BCUT2D eigenvalue weighted by Crippen LogP contribution is -2.41. The van der Waals surface area contributed by atoms with Crippen LogP contribution in [-0.2, 0) is 0 Å². The Kier molecular flexibility index (Phi) is 7.67. The molecule has 1 heterocycles. The second-order valence-electron chi connectivity index (χ2n) is 5.79. The minimum Gasteiger partial charge on any atom is -0.368 e.